The quantitative estimate of drug-likeness (QED) is 0.728. The highest BCUT2D eigenvalue weighted by Crippen LogP contribution is 2.29. The number of nitrogens with one attached hydrogen (secondary N) is 1. The third-order valence-electron chi connectivity index (χ3n) is 2.39. The zero-order valence-electron chi connectivity index (χ0n) is 9.58. The smallest absolute Gasteiger partial charge is 0.407 e. The lowest BCUT2D eigenvalue weighted by Crippen LogP contribution is -2.46. The Bertz CT molecular complexity index is 239. The Hall–Kier alpha value is -1.06. The molecule has 0 heterocycles. The highest BCUT2D eigenvalue weighted by atomic mass is 16.6. The summed E-state index contributed by atoms with van der Waals surface area (Å²) in [6, 6.07) is 0.185. The van der Waals surface area contributed by atoms with Crippen LogP contribution in [0.2, 0.25) is 0 Å². The average molecular weight is 213 g/mol. The normalized spacial score (nSPS) is 25.3. The fourth-order valence-electron chi connectivity index (χ4n) is 1.66. The molecule has 4 nitrogen and oxygen atoms in total. The van der Waals surface area contributed by atoms with Gasteiger partial charge in [0, 0.05) is 12.5 Å². The van der Waals surface area contributed by atoms with Crippen LogP contribution in [0.5, 0.6) is 0 Å². The third kappa shape index (κ3) is 4.32. The Morgan fingerprint density at radius 1 is 1.47 bits per heavy atom. The lowest BCUT2D eigenvalue weighted by atomic mass is 9.79. The van der Waals surface area contributed by atoms with E-state index in [1.165, 1.54) is 0 Å². The van der Waals surface area contributed by atoms with Crippen molar-refractivity contribution < 1.29 is 14.3 Å². The first kappa shape index (κ1) is 12.0. The average Bonchev–Trinajstić information content (AvgIpc) is 1.97. The Balaban J connectivity index is 2.16. The minimum atomic E-state index is -0.448. The highest BCUT2D eigenvalue weighted by Gasteiger charge is 2.30. The molecule has 1 aliphatic carbocycles. The summed E-state index contributed by atoms with van der Waals surface area (Å²) in [5, 5.41) is 2.78. The van der Waals surface area contributed by atoms with E-state index in [9.17, 15) is 9.59 Å². The number of carbonyl (C=O) groups is 2. The Morgan fingerprint density at radius 2 is 2.07 bits per heavy atom. The molecule has 1 N–H and O–H groups in total. The number of amides is 1. The van der Waals surface area contributed by atoms with Gasteiger partial charge in [0.2, 0.25) is 0 Å². The van der Waals surface area contributed by atoms with E-state index in [-0.39, 0.29) is 12.1 Å². The van der Waals surface area contributed by atoms with Gasteiger partial charge in [-0.15, -0.1) is 0 Å². The van der Waals surface area contributed by atoms with Gasteiger partial charge in [-0.3, -0.25) is 0 Å². The van der Waals surface area contributed by atoms with E-state index in [1.807, 2.05) is 20.8 Å². The first-order chi connectivity index (χ1) is 6.90. The van der Waals surface area contributed by atoms with Crippen LogP contribution in [0.25, 0.3) is 0 Å². The summed E-state index contributed by atoms with van der Waals surface area (Å²) in [5.41, 5.74) is -0.448. The first-order valence-corrected chi connectivity index (χ1v) is 5.34. The van der Waals surface area contributed by atoms with Gasteiger partial charge in [-0.25, -0.2) is 4.79 Å². The molecule has 86 valence electrons. The van der Waals surface area contributed by atoms with Gasteiger partial charge >= 0.3 is 6.09 Å². The molecule has 0 spiro atoms. The van der Waals surface area contributed by atoms with E-state index in [1.54, 1.807) is 0 Å². The molecule has 0 aromatic heterocycles. The number of ether oxygens (including phenoxy) is 1. The highest BCUT2D eigenvalue weighted by molar-refractivity contribution is 5.68. The molecule has 0 unspecified atom stereocenters. The topological polar surface area (TPSA) is 55.4 Å². The maximum atomic E-state index is 11.3. The second-order valence-electron chi connectivity index (χ2n) is 5.08. The summed E-state index contributed by atoms with van der Waals surface area (Å²) in [4.78, 5) is 21.5. The fraction of sp³-hybridized carbons (Fsp3) is 0.818. The molecule has 0 atom stereocenters. The predicted molar refractivity (Wildman–Crippen MR) is 56.6 cm³/mol. The van der Waals surface area contributed by atoms with Crippen molar-refractivity contribution in [1.82, 2.24) is 5.32 Å². The molecule has 15 heavy (non-hydrogen) atoms. The number of hydrogen-bond acceptors (Lipinski definition) is 3. The van der Waals surface area contributed by atoms with Gasteiger partial charge < -0.3 is 14.8 Å². The zero-order chi connectivity index (χ0) is 11.5. The minimum Gasteiger partial charge on any atom is -0.444 e. The number of rotatable bonds is 3. The Kier molecular flexibility index (Phi) is 3.72. The number of alkyl carbamates (subject to hydrolysis) is 1. The first-order valence-electron chi connectivity index (χ1n) is 5.34. The van der Waals surface area contributed by atoms with Crippen LogP contribution in [-0.2, 0) is 9.53 Å². The molecule has 1 rings (SSSR count). The summed E-state index contributed by atoms with van der Waals surface area (Å²) in [6.45, 7) is 5.51. The van der Waals surface area contributed by atoms with Crippen LogP contribution in [0.4, 0.5) is 4.79 Å². The van der Waals surface area contributed by atoms with E-state index in [0.717, 1.165) is 19.1 Å². The van der Waals surface area contributed by atoms with Crippen LogP contribution in [0.3, 0.4) is 0 Å². The second-order valence-corrected chi connectivity index (χ2v) is 5.08. The van der Waals surface area contributed by atoms with Gasteiger partial charge in [0.1, 0.15) is 11.9 Å². The monoisotopic (exact) mass is 213 g/mol. The SMILES string of the molecule is CC(C)(C)OC(=O)NC1CC(CC=O)C1. The molecule has 0 aromatic carbocycles. The summed E-state index contributed by atoms with van der Waals surface area (Å²) >= 11 is 0. The van der Waals surface area contributed by atoms with E-state index < -0.39 is 5.60 Å². The van der Waals surface area contributed by atoms with Crippen molar-refractivity contribution in [1.29, 1.82) is 0 Å². The van der Waals surface area contributed by atoms with Crippen molar-refractivity contribution >= 4 is 12.4 Å². The van der Waals surface area contributed by atoms with Crippen LogP contribution >= 0.6 is 0 Å². The molecule has 1 fully saturated rings. The molecular formula is C11H19NO3. The van der Waals surface area contributed by atoms with E-state index in [0.29, 0.717) is 12.3 Å². The predicted octanol–water partition coefficient (Wildman–Crippen LogP) is 1.88. The molecule has 1 aliphatic rings. The van der Waals surface area contributed by atoms with Crippen LogP contribution in [-0.4, -0.2) is 24.0 Å². The Labute approximate surface area is 90.4 Å². The number of aldehydes is 1. The van der Waals surface area contributed by atoms with Gasteiger partial charge in [-0.2, -0.15) is 0 Å². The lowest BCUT2D eigenvalue weighted by Gasteiger charge is -2.35. The van der Waals surface area contributed by atoms with E-state index >= 15 is 0 Å². The van der Waals surface area contributed by atoms with Gasteiger partial charge in [0.25, 0.3) is 0 Å². The molecule has 0 aromatic rings. The molecule has 1 saturated carbocycles. The molecule has 0 saturated heterocycles. The van der Waals surface area contributed by atoms with Crippen LogP contribution < -0.4 is 5.32 Å². The zero-order valence-corrected chi connectivity index (χ0v) is 9.58. The summed E-state index contributed by atoms with van der Waals surface area (Å²) in [6.07, 6.45) is 2.95. The van der Waals surface area contributed by atoms with Gasteiger partial charge in [-0.1, -0.05) is 0 Å². The van der Waals surface area contributed by atoms with Crippen molar-refractivity contribution in [2.45, 2.75) is 51.7 Å². The summed E-state index contributed by atoms with van der Waals surface area (Å²) in [7, 11) is 0. The van der Waals surface area contributed by atoms with Crippen LogP contribution in [0.1, 0.15) is 40.0 Å². The maximum Gasteiger partial charge on any atom is 0.407 e. The maximum absolute atomic E-state index is 11.3. The van der Waals surface area contributed by atoms with Crippen LogP contribution in [0.15, 0.2) is 0 Å². The molecule has 0 aliphatic heterocycles. The molecule has 4 heteroatoms. The van der Waals surface area contributed by atoms with Crippen molar-refractivity contribution in [2.75, 3.05) is 0 Å². The summed E-state index contributed by atoms with van der Waals surface area (Å²) < 4.78 is 5.12. The molecule has 1 amide bonds. The van der Waals surface area contributed by atoms with Gasteiger partial charge in [0.05, 0.1) is 0 Å². The largest absolute Gasteiger partial charge is 0.444 e. The second kappa shape index (κ2) is 4.64. The van der Waals surface area contributed by atoms with Gasteiger partial charge in [0.15, 0.2) is 0 Å². The van der Waals surface area contributed by atoms with Crippen molar-refractivity contribution in [3.05, 3.63) is 0 Å². The van der Waals surface area contributed by atoms with Crippen LogP contribution in [0, 0.1) is 5.92 Å². The number of hydrogen-bond donors (Lipinski definition) is 1. The number of carbonyl (C=O) groups excluding carboxylic acids is 2. The third-order valence-corrected chi connectivity index (χ3v) is 2.39. The van der Waals surface area contributed by atoms with Crippen molar-refractivity contribution in [3.63, 3.8) is 0 Å². The summed E-state index contributed by atoms with van der Waals surface area (Å²) in [5.74, 6) is 0.447. The van der Waals surface area contributed by atoms with Crippen molar-refractivity contribution in [3.8, 4) is 0 Å². The lowest BCUT2D eigenvalue weighted by molar-refractivity contribution is -0.109. The van der Waals surface area contributed by atoms with Crippen molar-refractivity contribution in [2.24, 2.45) is 5.92 Å². The Morgan fingerprint density at radius 3 is 2.53 bits per heavy atom. The van der Waals surface area contributed by atoms with Gasteiger partial charge in [-0.05, 0) is 39.5 Å². The molecule has 0 radical (unpaired) electrons. The van der Waals surface area contributed by atoms with E-state index in [2.05, 4.69) is 5.32 Å². The standard InChI is InChI=1S/C11H19NO3/c1-11(2,3)15-10(14)12-9-6-8(7-9)4-5-13/h5,8-9H,4,6-7H2,1-3H3,(H,12,14). The minimum absolute atomic E-state index is 0.185. The van der Waals surface area contributed by atoms with E-state index in [4.69, 9.17) is 4.74 Å². The fourth-order valence-corrected chi connectivity index (χ4v) is 1.66. The molecule has 0 bridgehead atoms. The molecular weight excluding hydrogens is 194 g/mol.